The quantitative estimate of drug-likeness (QED) is 0.212. The Morgan fingerprint density at radius 3 is 2.38 bits per heavy atom. The highest BCUT2D eigenvalue weighted by Crippen LogP contribution is 1.98. The maximum absolute atomic E-state index is 9.68. The second-order valence-electron chi connectivity index (χ2n) is 1.12. The lowest BCUT2D eigenvalue weighted by molar-refractivity contribution is -0.660. The van der Waals surface area contributed by atoms with Crippen molar-refractivity contribution in [3.8, 4) is 0 Å². The lowest BCUT2D eigenvalue weighted by atomic mass is 11.1. The van der Waals surface area contributed by atoms with Gasteiger partial charge in [0.05, 0.1) is 7.05 Å². The minimum absolute atomic E-state index is 0.528. The molecule has 0 fully saturated rings. The van der Waals surface area contributed by atoms with Crippen LogP contribution in [0.15, 0.2) is 0 Å². The highest BCUT2D eigenvalue weighted by atomic mass is 79.9. The largest absolute Gasteiger partial charge is 0.360 e. The maximum atomic E-state index is 9.68. The van der Waals surface area contributed by atoms with Crippen LogP contribution in [0.25, 0.3) is 0 Å². The van der Waals surface area contributed by atoms with E-state index in [9.17, 15) is 10.1 Å². The molecule has 6 heteroatoms. The molecule has 0 aliphatic carbocycles. The summed E-state index contributed by atoms with van der Waals surface area (Å²) in [6, 6.07) is 0. The first-order chi connectivity index (χ1) is 3.55. The number of aliphatic hydroxyl groups excluding tert-OH is 1. The second-order valence-corrected chi connectivity index (χ2v) is 1.94. The average molecular weight is 185 g/mol. The van der Waals surface area contributed by atoms with Gasteiger partial charge in [-0.15, -0.1) is 0 Å². The molecule has 0 spiro atoms. The molecule has 8 heavy (non-hydrogen) atoms. The van der Waals surface area contributed by atoms with E-state index in [0.717, 1.165) is 7.05 Å². The molecule has 0 saturated heterocycles. The average Bonchev–Trinajstić information content (AvgIpc) is 1.64. The molecule has 1 unspecified atom stereocenters. The Bertz CT molecular complexity index is 95.3. The maximum Gasteiger partial charge on any atom is 0.240 e. The molecule has 0 aliphatic rings. The second kappa shape index (κ2) is 2.83. The van der Waals surface area contributed by atoms with Crippen molar-refractivity contribution in [3.05, 3.63) is 10.1 Å². The third-order valence-electron chi connectivity index (χ3n) is 0.566. The van der Waals surface area contributed by atoms with Gasteiger partial charge in [0.15, 0.2) is 5.03 Å². The summed E-state index contributed by atoms with van der Waals surface area (Å²) in [5, 5.41) is 16.7. The van der Waals surface area contributed by atoms with E-state index in [0.29, 0.717) is 5.01 Å². The summed E-state index contributed by atoms with van der Waals surface area (Å²) in [5.41, 5.74) is 0. The van der Waals surface area contributed by atoms with Gasteiger partial charge in [0.25, 0.3) is 0 Å². The third-order valence-corrected chi connectivity index (χ3v) is 1.16. The number of alkyl halides is 1. The molecule has 0 saturated carbocycles. The number of halogens is 1. The Morgan fingerprint density at radius 1 is 2.00 bits per heavy atom. The fraction of sp³-hybridized carbons (Fsp3) is 1.00. The van der Waals surface area contributed by atoms with E-state index in [-0.39, 0.29) is 0 Å². The van der Waals surface area contributed by atoms with Crippen LogP contribution in [-0.2, 0) is 0 Å². The number of nitrogens with zero attached hydrogens (tertiary/aromatic N) is 2. The summed E-state index contributed by atoms with van der Waals surface area (Å²) in [6.07, 6.45) is 0. The number of nitro groups is 1. The predicted octanol–water partition coefficient (Wildman–Crippen LogP) is -0.219. The van der Waals surface area contributed by atoms with E-state index in [1.165, 1.54) is 0 Å². The Hall–Kier alpha value is -0.360. The third kappa shape index (κ3) is 2.08. The molecule has 0 bridgehead atoms. The summed E-state index contributed by atoms with van der Waals surface area (Å²) < 4.78 is 0. The van der Waals surface area contributed by atoms with Crippen LogP contribution < -0.4 is 0 Å². The number of aliphatic hydroxyl groups is 1. The van der Waals surface area contributed by atoms with Crippen LogP contribution in [0.2, 0.25) is 0 Å². The van der Waals surface area contributed by atoms with Crippen molar-refractivity contribution in [1.82, 2.24) is 5.01 Å². The van der Waals surface area contributed by atoms with Gasteiger partial charge >= 0.3 is 0 Å². The first-order valence-corrected chi connectivity index (χ1v) is 2.66. The summed E-state index contributed by atoms with van der Waals surface area (Å²) in [6.45, 7) is 0. The van der Waals surface area contributed by atoms with E-state index in [1.807, 2.05) is 0 Å². The van der Waals surface area contributed by atoms with Gasteiger partial charge in [-0.25, -0.2) is 10.1 Å². The molecule has 48 valence electrons. The van der Waals surface area contributed by atoms with Gasteiger partial charge in [0.1, 0.15) is 0 Å². The van der Waals surface area contributed by atoms with Crippen LogP contribution in [0.4, 0.5) is 0 Å². The Balaban J connectivity index is 3.64. The van der Waals surface area contributed by atoms with Crippen molar-refractivity contribution >= 4 is 15.9 Å². The van der Waals surface area contributed by atoms with Gasteiger partial charge in [-0.1, -0.05) is 5.01 Å². The molecule has 0 amide bonds. The SMILES string of the molecule is CN(C(O)Br)[N+](=O)[O-]. The lowest BCUT2D eigenvalue weighted by Crippen LogP contribution is -2.31. The molecule has 0 rings (SSSR count). The zero-order chi connectivity index (χ0) is 6.73. The van der Waals surface area contributed by atoms with Crippen molar-refractivity contribution in [2.75, 3.05) is 7.05 Å². The minimum atomic E-state index is -1.21. The zero-order valence-corrected chi connectivity index (χ0v) is 5.70. The first kappa shape index (κ1) is 7.64. The monoisotopic (exact) mass is 184 g/mol. The first-order valence-electron chi connectivity index (χ1n) is 1.75. The van der Waals surface area contributed by atoms with Crippen molar-refractivity contribution in [1.29, 1.82) is 0 Å². The standard InChI is InChI=1S/C2H5BrN2O3/c1-4(2(3)6)5(7)8/h2,6H,1H3. The van der Waals surface area contributed by atoms with Gasteiger partial charge in [-0.3, -0.25) is 0 Å². The smallest absolute Gasteiger partial charge is 0.240 e. The molecule has 0 aliphatic heterocycles. The van der Waals surface area contributed by atoms with Gasteiger partial charge in [0.2, 0.25) is 5.14 Å². The number of hydrogen-bond donors (Lipinski definition) is 1. The minimum Gasteiger partial charge on any atom is -0.360 e. The Labute approximate surface area is 54.1 Å². The van der Waals surface area contributed by atoms with Crippen molar-refractivity contribution in [3.63, 3.8) is 0 Å². The normalized spacial score (nSPS) is 12.9. The van der Waals surface area contributed by atoms with Crippen LogP contribution in [0, 0.1) is 10.1 Å². The molecule has 0 radical (unpaired) electrons. The van der Waals surface area contributed by atoms with Crippen molar-refractivity contribution in [2.24, 2.45) is 0 Å². The summed E-state index contributed by atoms with van der Waals surface area (Å²) in [7, 11) is 1.15. The fourth-order valence-corrected chi connectivity index (χ4v) is 0.227. The highest BCUT2D eigenvalue weighted by molar-refractivity contribution is 9.09. The molecule has 0 aromatic carbocycles. The summed E-state index contributed by atoms with van der Waals surface area (Å²) in [5.74, 6) is 0. The summed E-state index contributed by atoms with van der Waals surface area (Å²) in [4.78, 5) is 9.68. The lowest BCUT2D eigenvalue weighted by Gasteiger charge is -2.07. The van der Waals surface area contributed by atoms with Gasteiger partial charge in [0, 0.05) is 0 Å². The highest BCUT2D eigenvalue weighted by Gasteiger charge is 2.13. The van der Waals surface area contributed by atoms with Crippen LogP contribution in [0.3, 0.4) is 0 Å². The molecule has 0 aromatic rings. The van der Waals surface area contributed by atoms with Crippen LogP contribution in [0.1, 0.15) is 0 Å². The fourth-order valence-electron chi connectivity index (χ4n) is 0.0778. The molecule has 1 atom stereocenters. The van der Waals surface area contributed by atoms with Crippen LogP contribution >= 0.6 is 15.9 Å². The Kier molecular flexibility index (Phi) is 2.70. The van der Waals surface area contributed by atoms with E-state index in [4.69, 9.17) is 5.11 Å². The molecule has 1 N–H and O–H groups in total. The van der Waals surface area contributed by atoms with E-state index >= 15 is 0 Å². The van der Waals surface area contributed by atoms with Crippen molar-refractivity contribution < 1.29 is 10.1 Å². The number of rotatable bonds is 2. The summed E-state index contributed by atoms with van der Waals surface area (Å²) >= 11 is 2.58. The number of hydrazine groups is 1. The van der Waals surface area contributed by atoms with Crippen LogP contribution in [0.5, 0.6) is 0 Å². The number of hydrogen-bond acceptors (Lipinski definition) is 3. The molecular formula is C2H5BrN2O3. The zero-order valence-electron chi connectivity index (χ0n) is 4.11. The molecule has 0 aromatic heterocycles. The van der Waals surface area contributed by atoms with Crippen molar-refractivity contribution in [2.45, 2.75) is 5.14 Å². The van der Waals surface area contributed by atoms with Gasteiger partial charge in [-0.2, -0.15) is 0 Å². The Morgan fingerprint density at radius 2 is 2.38 bits per heavy atom. The van der Waals surface area contributed by atoms with Gasteiger partial charge < -0.3 is 5.11 Å². The molecular weight excluding hydrogens is 180 g/mol. The van der Waals surface area contributed by atoms with Gasteiger partial charge in [-0.05, 0) is 15.9 Å². The topological polar surface area (TPSA) is 66.6 Å². The van der Waals surface area contributed by atoms with E-state index < -0.39 is 10.2 Å². The molecule has 0 heterocycles. The van der Waals surface area contributed by atoms with E-state index in [1.54, 1.807) is 0 Å². The van der Waals surface area contributed by atoms with E-state index in [2.05, 4.69) is 15.9 Å². The van der Waals surface area contributed by atoms with Crippen LogP contribution in [-0.4, -0.2) is 27.3 Å². The predicted molar refractivity (Wildman–Crippen MR) is 29.7 cm³/mol. The molecule has 5 nitrogen and oxygen atoms in total.